The fourth-order valence-electron chi connectivity index (χ4n) is 1.54. The summed E-state index contributed by atoms with van der Waals surface area (Å²) >= 11 is 0. The van der Waals surface area contributed by atoms with Gasteiger partial charge in [0.25, 0.3) is 0 Å². The third-order valence-corrected chi connectivity index (χ3v) is 2.47. The van der Waals surface area contributed by atoms with E-state index < -0.39 is 6.10 Å². The molecule has 0 saturated carbocycles. The van der Waals surface area contributed by atoms with Crippen molar-refractivity contribution >= 4 is 0 Å². The average molecular weight is 227 g/mol. The van der Waals surface area contributed by atoms with Crippen molar-refractivity contribution in [2.24, 2.45) is 0 Å². The summed E-state index contributed by atoms with van der Waals surface area (Å²) in [4.78, 5) is 0. The van der Waals surface area contributed by atoms with E-state index >= 15 is 0 Å². The Bertz CT molecular complexity index is 312. The molecule has 16 heavy (non-hydrogen) atoms. The number of hydrogen-bond donors (Lipinski definition) is 3. The van der Waals surface area contributed by atoms with Gasteiger partial charge in [-0.2, -0.15) is 5.10 Å². The van der Waals surface area contributed by atoms with Gasteiger partial charge in [-0.1, -0.05) is 6.92 Å². The molecule has 1 heterocycles. The molecule has 0 amide bonds. The van der Waals surface area contributed by atoms with Crippen LogP contribution < -0.4 is 5.32 Å². The fraction of sp³-hybridized carbons (Fsp3) is 0.727. The first-order chi connectivity index (χ1) is 7.71. The van der Waals surface area contributed by atoms with E-state index in [4.69, 9.17) is 5.11 Å². The predicted molar refractivity (Wildman–Crippen MR) is 62.1 cm³/mol. The van der Waals surface area contributed by atoms with E-state index in [1.807, 2.05) is 4.68 Å². The minimum absolute atomic E-state index is 0.208. The van der Waals surface area contributed by atoms with E-state index in [1.165, 1.54) is 0 Å². The standard InChI is InChI=1S/C11H21N3O2/c1-3-9-5-10(14(4-2)13-9)6-12-7-11(16)8-15/h5,11-12,15-16H,3-4,6-8H2,1-2H3. The number of aliphatic hydroxyl groups excluding tert-OH is 2. The zero-order valence-electron chi connectivity index (χ0n) is 9.98. The molecule has 0 saturated heterocycles. The number of hydrogen-bond acceptors (Lipinski definition) is 4. The Hall–Kier alpha value is -0.910. The van der Waals surface area contributed by atoms with Crippen LogP contribution in [0.3, 0.4) is 0 Å². The minimum Gasteiger partial charge on any atom is -0.394 e. The van der Waals surface area contributed by atoms with Crippen molar-refractivity contribution in [3.8, 4) is 0 Å². The van der Waals surface area contributed by atoms with Crippen molar-refractivity contribution in [1.29, 1.82) is 0 Å². The normalized spacial score (nSPS) is 13.0. The summed E-state index contributed by atoms with van der Waals surface area (Å²) in [7, 11) is 0. The van der Waals surface area contributed by atoms with Crippen LogP contribution in [-0.4, -0.2) is 39.2 Å². The molecule has 0 fully saturated rings. The van der Waals surface area contributed by atoms with E-state index in [2.05, 4.69) is 30.3 Å². The summed E-state index contributed by atoms with van der Waals surface area (Å²) < 4.78 is 1.96. The molecular weight excluding hydrogens is 206 g/mol. The summed E-state index contributed by atoms with van der Waals surface area (Å²) in [6, 6.07) is 2.07. The second-order valence-electron chi connectivity index (χ2n) is 3.76. The first-order valence-corrected chi connectivity index (χ1v) is 5.76. The minimum atomic E-state index is -0.691. The smallest absolute Gasteiger partial charge is 0.0895 e. The lowest BCUT2D eigenvalue weighted by Gasteiger charge is -2.09. The number of rotatable bonds is 7. The van der Waals surface area contributed by atoms with Crippen LogP contribution in [0.2, 0.25) is 0 Å². The maximum atomic E-state index is 9.18. The highest BCUT2D eigenvalue weighted by Gasteiger charge is 2.06. The van der Waals surface area contributed by atoms with Gasteiger partial charge in [-0.05, 0) is 19.4 Å². The van der Waals surface area contributed by atoms with Gasteiger partial charge in [-0.15, -0.1) is 0 Å². The monoisotopic (exact) mass is 227 g/mol. The van der Waals surface area contributed by atoms with Gasteiger partial charge in [0.05, 0.1) is 24.1 Å². The van der Waals surface area contributed by atoms with Gasteiger partial charge in [0.1, 0.15) is 0 Å². The number of aryl methyl sites for hydroxylation is 2. The third kappa shape index (κ3) is 3.59. The van der Waals surface area contributed by atoms with Gasteiger partial charge in [0.15, 0.2) is 0 Å². The zero-order valence-corrected chi connectivity index (χ0v) is 9.98. The van der Waals surface area contributed by atoms with Crippen LogP contribution in [0.15, 0.2) is 6.07 Å². The highest BCUT2D eigenvalue weighted by atomic mass is 16.3. The molecule has 1 aromatic rings. The Kier molecular flexibility index (Phi) is 5.45. The van der Waals surface area contributed by atoms with Crippen LogP contribution in [0.5, 0.6) is 0 Å². The van der Waals surface area contributed by atoms with Crippen LogP contribution in [0.4, 0.5) is 0 Å². The van der Waals surface area contributed by atoms with E-state index in [-0.39, 0.29) is 6.61 Å². The number of nitrogens with one attached hydrogen (secondary N) is 1. The molecule has 1 atom stereocenters. The van der Waals surface area contributed by atoms with E-state index in [9.17, 15) is 5.11 Å². The molecular formula is C11H21N3O2. The largest absolute Gasteiger partial charge is 0.394 e. The van der Waals surface area contributed by atoms with Crippen LogP contribution in [0.25, 0.3) is 0 Å². The van der Waals surface area contributed by atoms with Crippen molar-refractivity contribution in [2.45, 2.75) is 39.5 Å². The van der Waals surface area contributed by atoms with Gasteiger partial charge >= 0.3 is 0 Å². The van der Waals surface area contributed by atoms with Gasteiger partial charge in [0, 0.05) is 19.6 Å². The molecule has 5 heteroatoms. The van der Waals surface area contributed by atoms with Crippen molar-refractivity contribution in [3.05, 3.63) is 17.5 Å². The summed E-state index contributed by atoms with van der Waals surface area (Å²) in [5.74, 6) is 0. The van der Waals surface area contributed by atoms with E-state index in [0.29, 0.717) is 13.1 Å². The van der Waals surface area contributed by atoms with Crippen LogP contribution in [0.1, 0.15) is 25.2 Å². The molecule has 1 unspecified atom stereocenters. The Morgan fingerprint density at radius 1 is 1.50 bits per heavy atom. The maximum Gasteiger partial charge on any atom is 0.0895 e. The Morgan fingerprint density at radius 3 is 2.81 bits per heavy atom. The topological polar surface area (TPSA) is 70.3 Å². The fourth-order valence-corrected chi connectivity index (χ4v) is 1.54. The Balaban J connectivity index is 2.49. The predicted octanol–water partition coefficient (Wildman–Crippen LogP) is -0.0918. The molecule has 0 aromatic carbocycles. The van der Waals surface area contributed by atoms with Gasteiger partial charge in [-0.3, -0.25) is 4.68 Å². The van der Waals surface area contributed by atoms with Crippen molar-refractivity contribution in [3.63, 3.8) is 0 Å². The van der Waals surface area contributed by atoms with Crippen molar-refractivity contribution in [1.82, 2.24) is 15.1 Å². The first kappa shape index (κ1) is 13.2. The van der Waals surface area contributed by atoms with Crippen LogP contribution >= 0.6 is 0 Å². The first-order valence-electron chi connectivity index (χ1n) is 5.76. The van der Waals surface area contributed by atoms with Crippen LogP contribution in [-0.2, 0) is 19.5 Å². The Morgan fingerprint density at radius 2 is 2.25 bits per heavy atom. The summed E-state index contributed by atoms with van der Waals surface area (Å²) in [5.41, 5.74) is 2.20. The van der Waals surface area contributed by atoms with Crippen LogP contribution in [0, 0.1) is 0 Å². The summed E-state index contributed by atoms with van der Waals surface area (Å²) in [6.45, 7) is 5.83. The van der Waals surface area contributed by atoms with E-state index in [0.717, 1.165) is 24.4 Å². The molecule has 0 aliphatic carbocycles. The zero-order chi connectivity index (χ0) is 12.0. The lowest BCUT2D eigenvalue weighted by Crippen LogP contribution is -2.29. The number of nitrogens with zero attached hydrogens (tertiary/aromatic N) is 2. The molecule has 0 aliphatic rings. The van der Waals surface area contributed by atoms with Crippen molar-refractivity contribution in [2.75, 3.05) is 13.2 Å². The molecule has 0 radical (unpaired) electrons. The van der Waals surface area contributed by atoms with Crippen molar-refractivity contribution < 1.29 is 10.2 Å². The highest BCUT2D eigenvalue weighted by molar-refractivity contribution is 5.10. The second kappa shape index (κ2) is 6.62. The third-order valence-electron chi connectivity index (χ3n) is 2.47. The second-order valence-corrected chi connectivity index (χ2v) is 3.76. The summed E-state index contributed by atoms with van der Waals surface area (Å²) in [6.07, 6.45) is 0.239. The molecule has 0 bridgehead atoms. The molecule has 5 nitrogen and oxygen atoms in total. The molecule has 92 valence electrons. The quantitative estimate of drug-likeness (QED) is 0.609. The Labute approximate surface area is 96.1 Å². The van der Waals surface area contributed by atoms with Gasteiger partial charge in [-0.25, -0.2) is 0 Å². The number of aromatic nitrogens is 2. The average Bonchev–Trinajstić information content (AvgIpc) is 2.71. The SMILES string of the molecule is CCc1cc(CNCC(O)CO)n(CC)n1. The molecule has 1 aromatic heterocycles. The van der Waals surface area contributed by atoms with Gasteiger partial charge < -0.3 is 15.5 Å². The van der Waals surface area contributed by atoms with E-state index in [1.54, 1.807) is 0 Å². The van der Waals surface area contributed by atoms with Gasteiger partial charge in [0.2, 0.25) is 0 Å². The molecule has 3 N–H and O–H groups in total. The lowest BCUT2D eigenvalue weighted by atomic mass is 10.3. The summed E-state index contributed by atoms with van der Waals surface area (Å²) in [5, 5.41) is 25.4. The maximum absolute atomic E-state index is 9.18. The number of aliphatic hydroxyl groups is 2. The highest BCUT2D eigenvalue weighted by Crippen LogP contribution is 2.05. The lowest BCUT2D eigenvalue weighted by molar-refractivity contribution is 0.0940. The molecule has 1 rings (SSSR count). The molecule has 0 aliphatic heterocycles. The molecule has 0 spiro atoms.